The van der Waals surface area contributed by atoms with Crippen LogP contribution in [-0.2, 0) is 20.7 Å². The molecule has 2 aliphatic carbocycles. The first-order chi connectivity index (χ1) is 31.1. The first-order valence-electron chi connectivity index (χ1n) is 20.7. The van der Waals surface area contributed by atoms with Gasteiger partial charge in [0.05, 0.1) is 30.9 Å². The van der Waals surface area contributed by atoms with Gasteiger partial charge in [-0.3, -0.25) is 29.1 Å². The summed E-state index contributed by atoms with van der Waals surface area (Å²) in [5, 5.41) is 61.5. The van der Waals surface area contributed by atoms with Gasteiger partial charge in [0, 0.05) is 66.8 Å². The molecule has 65 heavy (non-hydrogen) atoms. The SMILES string of the molecule is CN=C(N)NC1CCC(Cc2ccc(N)nc2)c2cc3c(c(O)c21)C(=O)c1c(OC2OC(CO)C(O)(CC(CN4C(=O)C=CC4=O)c4ccnc(N)c4)C(O)C2O)cc(OC)cc1C3=O. The van der Waals surface area contributed by atoms with E-state index in [0.717, 1.165) is 22.6 Å². The molecule has 4 aromatic rings. The maximum Gasteiger partial charge on any atom is 0.253 e. The summed E-state index contributed by atoms with van der Waals surface area (Å²) in [6.45, 7) is -1.23. The molecule has 2 amide bonds. The summed E-state index contributed by atoms with van der Waals surface area (Å²) in [6.07, 6.45) is -1.54. The maximum atomic E-state index is 14.8. The second kappa shape index (κ2) is 17.5. The molecule has 2 aliphatic heterocycles. The number of carbonyl (C=O) groups is 4. The quantitative estimate of drug-likeness (QED) is 0.0467. The summed E-state index contributed by atoms with van der Waals surface area (Å²) in [6, 6.07) is 10.1. The van der Waals surface area contributed by atoms with Crippen LogP contribution in [-0.4, -0.2) is 127 Å². The number of aliphatic hydroxyl groups excluding tert-OH is 3. The lowest BCUT2D eigenvalue weighted by molar-refractivity contribution is -0.315. The number of ether oxygens (including phenoxy) is 3. The lowest BCUT2D eigenvalue weighted by Crippen LogP contribution is -2.68. The number of phenolic OH excluding ortho intramolecular Hbond substituents is 1. The predicted octanol–water partition coefficient (Wildman–Crippen LogP) is 0.474. The van der Waals surface area contributed by atoms with Crippen LogP contribution in [0.1, 0.15) is 91.2 Å². The summed E-state index contributed by atoms with van der Waals surface area (Å²) in [5.74, 6) is -4.12. The second-order valence-electron chi connectivity index (χ2n) is 16.5. The lowest BCUT2D eigenvalue weighted by atomic mass is 9.72. The van der Waals surface area contributed by atoms with Crippen LogP contribution < -0.4 is 32.0 Å². The number of nitrogens with two attached hydrogens (primary N) is 3. The number of nitrogen functional groups attached to an aromatic ring is 2. The molecular weight excluding hydrogens is 845 g/mol. The topological polar surface area (TPSA) is 329 Å². The minimum absolute atomic E-state index is 0.0545. The van der Waals surface area contributed by atoms with Crippen molar-refractivity contribution in [3.8, 4) is 17.2 Å². The molecule has 12 N–H and O–H groups in total. The number of guanidine groups is 1. The van der Waals surface area contributed by atoms with Gasteiger partial charge in [0.2, 0.25) is 12.1 Å². The number of aliphatic imine (C=N–C) groups is 1. The number of benzene rings is 2. The van der Waals surface area contributed by atoms with E-state index in [4.69, 9.17) is 31.4 Å². The number of ketones is 2. The van der Waals surface area contributed by atoms with Gasteiger partial charge in [-0.05, 0) is 78.6 Å². The third kappa shape index (κ3) is 8.10. The molecule has 340 valence electrons. The Morgan fingerprint density at radius 2 is 1.74 bits per heavy atom. The summed E-state index contributed by atoms with van der Waals surface area (Å²) in [5.41, 5.74) is 16.7. The molecule has 4 aliphatic rings. The third-order valence-electron chi connectivity index (χ3n) is 12.6. The summed E-state index contributed by atoms with van der Waals surface area (Å²) < 4.78 is 17.6. The molecule has 0 bridgehead atoms. The van der Waals surface area contributed by atoms with Crippen molar-refractivity contribution in [1.82, 2.24) is 20.2 Å². The number of aliphatic hydroxyl groups is 4. The minimum Gasteiger partial charge on any atom is -0.507 e. The predicted molar refractivity (Wildman–Crippen MR) is 231 cm³/mol. The molecule has 0 spiro atoms. The molecule has 2 aromatic heterocycles. The molecular formula is C45H48N8O12. The fourth-order valence-electron chi connectivity index (χ4n) is 9.31. The zero-order valence-electron chi connectivity index (χ0n) is 35.2. The molecule has 8 unspecified atom stereocenters. The number of carbonyl (C=O) groups excluding carboxylic acids is 4. The number of rotatable bonds is 12. The number of anilines is 2. The maximum absolute atomic E-state index is 14.8. The molecule has 0 radical (unpaired) electrons. The molecule has 1 saturated heterocycles. The highest BCUT2D eigenvalue weighted by atomic mass is 16.7. The van der Waals surface area contributed by atoms with Gasteiger partial charge in [-0.25, -0.2) is 9.97 Å². The van der Waals surface area contributed by atoms with Gasteiger partial charge in [0.15, 0.2) is 11.7 Å². The van der Waals surface area contributed by atoms with Crippen LogP contribution in [0.5, 0.6) is 17.2 Å². The summed E-state index contributed by atoms with van der Waals surface area (Å²) in [7, 11) is 2.81. The minimum atomic E-state index is -2.46. The number of imide groups is 1. The van der Waals surface area contributed by atoms with E-state index in [-0.39, 0.29) is 58.0 Å². The normalized spacial score (nSPS) is 25.5. The average Bonchev–Trinajstić information content (AvgIpc) is 3.61. The number of fused-ring (bicyclic) bond motifs is 3. The smallest absolute Gasteiger partial charge is 0.253 e. The number of methoxy groups -OCH3 is 1. The fourth-order valence-corrected chi connectivity index (χ4v) is 9.31. The number of amides is 2. The van der Waals surface area contributed by atoms with E-state index in [9.17, 15) is 44.7 Å². The number of nitrogens with one attached hydrogen (secondary N) is 1. The monoisotopic (exact) mass is 892 g/mol. The van der Waals surface area contributed by atoms with Crippen LogP contribution in [0, 0.1) is 0 Å². The number of aromatic nitrogens is 2. The first kappa shape index (κ1) is 44.6. The number of aromatic hydroxyl groups is 1. The fraction of sp³-hybridized carbons (Fsp3) is 0.356. The van der Waals surface area contributed by atoms with Gasteiger partial charge >= 0.3 is 0 Å². The Morgan fingerprint density at radius 3 is 2.40 bits per heavy atom. The van der Waals surface area contributed by atoms with Gasteiger partial charge < -0.3 is 62.3 Å². The average molecular weight is 893 g/mol. The molecule has 8 atom stereocenters. The highest BCUT2D eigenvalue weighted by molar-refractivity contribution is 6.30. The van der Waals surface area contributed by atoms with Crippen LogP contribution in [0.15, 0.2) is 72.0 Å². The van der Waals surface area contributed by atoms with Crippen molar-refractivity contribution >= 4 is 41.0 Å². The highest BCUT2D eigenvalue weighted by Gasteiger charge is 2.57. The number of hydrogen-bond acceptors (Lipinski definition) is 17. The highest BCUT2D eigenvalue weighted by Crippen LogP contribution is 2.49. The third-order valence-corrected chi connectivity index (χ3v) is 12.6. The van der Waals surface area contributed by atoms with Gasteiger partial charge in [-0.1, -0.05) is 6.07 Å². The molecule has 0 saturated carbocycles. The van der Waals surface area contributed by atoms with Crippen molar-refractivity contribution in [3.05, 3.63) is 112 Å². The lowest BCUT2D eigenvalue weighted by Gasteiger charge is -2.49. The van der Waals surface area contributed by atoms with E-state index < -0.39 is 84.3 Å². The van der Waals surface area contributed by atoms with E-state index in [2.05, 4.69) is 20.3 Å². The van der Waals surface area contributed by atoms with Gasteiger partial charge in [-0.15, -0.1) is 0 Å². The Bertz CT molecular complexity index is 2620. The Morgan fingerprint density at radius 1 is 1.00 bits per heavy atom. The summed E-state index contributed by atoms with van der Waals surface area (Å²) >= 11 is 0. The Labute approximate surface area is 371 Å². The van der Waals surface area contributed by atoms with Crippen molar-refractivity contribution in [3.63, 3.8) is 0 Å². The molecule has 20 nitrogen and oxygen atoms in total. The van der Waals surface area contributed by atoms with E-state index >= 15 is 0 Å². The van der Waals surface area contributed by atoms with E-state index in [1.165, 1.54) is 44.6 Å². The molecule has 1 fully saturated rings. The second-order valence-corrected chi connectivity index (χ2v) is 16.5. The molecule has 2 aromatic carbocycles. The van der Waals surface area contributed by atoms with Crippen molar-refractivity contribution < 1.29 is 58.9 Å². The van der Waals surface area contributed by atoms with Gasteiger partial charge in [0.25, 0.3) is 11.8 Å². The van der Waals surface area contributed by atoms with Crippen molar-refractivity contribution in [1.29, 1.82) is 0 Å². The number of pyridine rings is 2. The van der Waals surface area contributed by atoms with E-state index in [1.54, 1.807) is 18.3 Å². The van der Waals surface area contributed by atoms with Crippen molar-refractivity contribution in [2.75, 3.05) is 38.8 Å². The molecule has 20 heteroatoms. The summed E-state index contributed by atoms with van der Waals surface area (Å²) in [4.78, 5) is 67.8. The number of hydrogen-bond donors (Lipinski definition) is 9. The van der Waals surface area contributed by atoms with Crippen LogP contribution >= 0.6 is 0 Å². The number of nitrogens with zero attached hydrogens (tertiary/aromatic N) is 4. The van der Waals surface area contributed by atoms with E-state index in [0.29, 0.717) is 41.8 Å². The Balaban J connectivity index is 1.14. The van der Waals surface area contributed by atoms with Crippen LogP contribution in [0.25, 0.3) is 0 Å². The molecule has 8 rings (SSSR count). The van der Waals surface area contributed by atoms with Crippen LogP contribution in [0.2, 0.25) is 0 Å². The van der Waals surface area contributed by atoms with Gasteiger partial charge in [0.1, 0.15) is 52.8 Å². The first-order valence-corrected chi connectivity index (χ1v) is 20.7. The van der Waals surface area contributed by atoms with Crippen molar-refractivity contribution in [2.45, 2.75) is 73.8 Å². The molecule has 4 heterocycles. The largest absolute Gasteiger partial charge is 0.507 e. The number of phenols is 1. The van der Waals surface area contributed by atoms with Crippen molar-refractivity contribution in [2.24, 2.45) is 10.7 Å². The Hall–Kier alpha value is -6.97. The zero-order valence-corrected chi connectivity index (χ0v) is 35.2. The van der Waals surface area contributed by atoms with Gasteiger partial charge in [-0.2, -0.15) is 0 Å². The standard InChI is InChI=1S/C45H48N8O12/c1-49-44(48)52-28-5-4-22(11-20-3-6-31(46)51-17-20)25-15-27-37(39(58)35(25)28)40(59)36-26(38(27)57)13-24(63-2)14-29(36)64-43-41(60)42(61)45(62,30(19-54)65-43)16-23(21-9-10-50-32(47)12-21)18-53-33(55)7-8-34(53)56/h3,6-10,12-15,17,22-23,28,30,41-43,54,58,60-62H,4-5,11,16,18-19H2,1-2H3,(H2,46,51)(H2,47,50)(H3,48,49,52). The zero-order chi connectivity index (χ0) is 46.5. The Kier molecular flexibility index (Phi) is 12.0. The van der Waals surface area contributed by atoms with Crippen LogP contribution in [0.3, 0.4) is 0 Å². The van der Waals surface area contributed by atoms with Crippen LogP contribution in [0.4, 0.5) is 11.6 Å². The van der Waals surface area contributed by atoms with E-state index in [1.807, 2.05) is 6.07 Å².